The first-order valence-corrected chi connectivity index (χ1v) is 5.52. The van der Waals surface area contributed by atoms with Gasteiger partial charge in [-0.1, -0.05) is 12.1 Å². The van der Waals surface area contributed by atoms with Crippen LogP contribution in [0.4, 0.5) is 22.0 Å². The molecule has 0 amide bonds. The van der Waals surface area contributed by atoms with Gasteiger partial charge in [0.1, 0.15) is 6.61 Å². The molecule has 1 aromatic rings. The summed E-state index contributed by atoms with van der Waals surface area (Å²) in [4.78, 5) is 0. The van der Waals surface area contributed by atoms with Gasteiger partial charge >= 0.3 is 6.18 Å². The van der Waals surface area contributed by atoms with Crippen molar-refractivity contribution < 1.29 is 31.8 Å². The second kappa shape index (κ2) is 6.81. The van der Waals surface area contributed by atoms with Crippen LogP contribution in [0, 0.1) is 0 Å². The number of aliphatic hydroxyl groups is 1. The van der Waals surface area contributed by atoms with Crippen molar-refractivity contribution in [1.29, 1.82) is 0 Å². The molecule has 1 rings (SSSR count). The summed E-state index contributed by atoms with van der Waals surface area (Å²) >= 11 is 0. The molecule has 19 heavy (non-hydrogen) atoms. The fourth-order valence-corrected chi connectivity index (χ4v) is 1.43. The van der Waals surface area contributed by atoms with Crippen molar-refractivity contribution in [2.24, 2.45) is 0 Å². The van der Waals surface area contributed by atoms with E-state index in [2.05, 4.69) is 4.74 Å². The minimum atomic E-state index is -4.43. The average Bonchev–Trinajstić information content (AvgIpc) is 2.33. The van der Waals surface area contributed by atoms with Crippen LogP contribution in [0.5, 0.6) is 0 Å². The summed E-state index contributed by atoms with van der Waals surface area (Å²) < 4.78 is 64.9. The van der Waals surface area contributed by atoms with Gasteiger partial charge in [0.15, 0.2) is 0 Å². The van der Waals surface area contributed by atoms with Crippen molar-refractivity contribution in [2.45, 2.75) is 25.1 Å². The second-order valence-corrected chi connectivity index (χ2v) is 3.89. The van der Waals surface area contributed by atoms with E-state index in [4.69, 9.17) is 0 Å². The first-order chi connectivity index (χ1) is 8.80. The molecule has 0 saturated carbocycles. The van der Waals surface area contributed by atoms with Gasteiger partial charge in [-0.05, 0) is 17.7 Å². The Kier molecular flexibility index (Phi) is 5.68. The third-order valence-electron chi connectivity index (χ3n) is 2.40. The third-order valence-corrected chi connectivity index (χ3v) is 2.40. The number of aliphatic hydroxyl groups excluding tert-OH is 1. The molecule has 1 N–H and O–H groups in total. The quantitative estimate of drug-likeness (QED) is 0.640. The number of halogens is 5. The minimum absolute atomic E-state index is 0.0398. The summed E-state index contributed by atoms with van der Waals surface area (Å²) in [5.74, 6) is 0. The van der Waals surface area contributed by atoms with Crippen molar-refractivity contribution in [2.75, 3.05) is 13.2 Å². The zero-order chi connectivity index (χ0) is 14.5. The third kappa shape index (κ3) is 5.52. The molecule has 1 aromatic carbocycles. The highest BCUT2D eigenvalue weighted by atomic mass is 19.4. The SMILES string of the molecule is OC(CCOCC(F)F)c1ccc(C(F)(F)F)cc1. The highest BCUT2D eigenvalue weighted by molar-refractivity contribution is 5.25. The smallest absolute Gasteiger partial charge is 0.388 e. The maximum absolute atomic E-state index is 12.3. The fraction of sp³-hybridized carbons (Fsp3) is 0.500. The topological polar surface area (TPSA) is 29.5 Å². The van der Waals surface area contributed by atoms with E-state index >= 15 is 0 Å². The monoisotopic (exact) mass is 284 g/mol. The average molecular weight is 284 g/mol. The van der Waals surface area contributed by atoms with E-state index in [1.807, 2.05) is 0 Å². The van der Waals surface area contributed by atoms with Gasteiger partial charge in [-0.15, -0.1) is 0 Å². The Morgan fingerprint density at radius 1 is 1.11 bits per heavy atom. The first kappa shape index (κ1) is 15.8. The molecule has 0 aromatic heterocycles. The second-order valence-electron chi connectivity index (χ2n) is 3.89. The molecule has 2 nitrogen and oxygen atoms in total. The molecule has 0 spiro atoms. The molecular weight excluding hydrogens is 271 g/mol. The minimum Gasteiger partial charge on any atom is -0.388 e. The summed E-state index contributed by atoms with van der Waals surface area (Å²) in [6.07, 6.45) is -8.01. The fourth-order valence-electron chi connectivity index (χ4n) is 1.43. The van der Waals surface area contributed by atoms with Gasteiger partial charge in [0.25, 0.3) is 6.43 Å². The van der Waals surface area contributed by atoms with Crippen LogP contribution in [0.25, 0.3) is 0 Å². The standard InChI is InChI=1S/C12H13F5O2/c13-11(14)7-19-6-5-10(18)8-1-3-9(4-2-8)12(15,16)17/h1-4,10-11,18H,5-7H2. The number of rotatable bonds is 6. The Balaban J connectivity index is 2.47. The Hall–Kier alpha value is -1.21. The van der Waals surface area contributed by atoms with E-state index in [1.54, 1.807) is 0 Å². The lowest BCUT2D eigenvalue weighted by Gasteiger charge is -2.13. The predicted octanol–water partition coefficient (Wildman–Crippen LogP) is 3.41. The number of ether oxygens (including phenoxy) is 1. The lowest BCUT2D eigenvalue weighted by molar-refractivity contribution is -0.137. The molecule has 1 unspecified atom stereocenters. The van der Waals surface area contributed by atoms with Crippen molar-refractivity contribution in [1.82, 2.24) is 0 Å². The molecule has 0 saturated heterocycles. The van der Waals surface area contributed by atoms with Gasteiger partial charge in [0.2, 0.25) is 0 Å². The van der Waals surface area contributed by atoms with Crippen LogP contribution >= 0.6 is 0 Å². The first-order valence-electron chi connectivity index (χ1n) is 5.52. The van der Waals surface area contributed by atoms with E-state index in [9.17, 15) is 27.1 Å². The zero-order valence-electron chi connectivity index (χ0n) is 9.83. The highest BCUT2D eigenvalue weighted by Crippen LogP contribution is 2.30. The lowest BCUT2D eigenvalue weighted by Crippen LogP contribution is -2.09. The Morgan fingerprint density at radius 2 is 1.68 bits per heavy atom. The molecule has 0 fully saturated rings. The predicted molar refractivity (Wildman–Crippen MR) is 57.8 cm³/mol. The van der Waals surface area contributed by atoms with Crippen LogP contribution < -0.4 is 0 Å². The highest BCUT2D eigenvalue weighted by Gasteiger charge is 2.30. The molecular formula is C12H13F5O2. The number of alkyl halides is 5. The normalized spacial score (nSPS) is 13.8. The zero-order valence-corrected chi connectivity index (χ0v) is 9.83. The number of hydrogen-bond acceptors (Lipinski definition) is 2. The van der Waals surface area contributed by atoms with Crippen molar-refractivity contribution >= 4 is 0 Å². The van der Waals surface area contributed by atoms with Gasteiger partial charge in [0.05, 0.1) is 11.7 Å². The molecule has 0 heterocycles. The van der Waals surface area contributed by atoms with Gasteiger partial charge in [-0.25, -0.2) is 8.78 Å². The Bertz CT molecular complexity index is 375. The maximum Gasteiger partial charge on any atom is 0.416 e. The maximum atomic E-state index is 12.3. The summed E-state index contributed by atoms with van der Waals surface area (Å²) in [5, 5.41) is 9.63. The van der Waals surface area contributed by atoms with Crippen LogP contribution in [0.15, 0.2) is 24.3 Å². The molecule has 108 valence electrons. The summed E-state index contributed by atoms with van der Waals surface area (Å²) in [6.45, 7) is -0.813. The lowest BCUT2D eigenvalue weighted by atomic mass is 10.0. The molecule has 0 radical (unpaired) electrons. The summed E-state index contributed by atoms with van der Waals surface area (Å²) in [5.41, 5.74) is -0.522. The summed E-state index contributed by atoms with van der Waals surface area (Å²) in [6, 6.07) is 4.03. The summed E-state index contributed by atoms with van der Waals surface area (Å²) in [7, 11) is 0. The van der Waals surface area contributed by atoms with Crippen LogP contribution in [0.3, 0.4) is 0 Å². The molecule has 0 aliphatic carbocycles. The van der Waals surface area contributed by atoms with E-state index in [-0.39, 0.29) is 18.6 Å². The van der Waals surface area contributed by atoms with E-state index in [0.717, 1.165) is 24.3 Å². The van der Waals surface area contributed by atoms with Crippen molar-refractivity contribution in [3.8, 4) is 0 Å². The molecule has 7 heteroatoms. The van der Waals surface area contributed by atoms with Gasteiger partial charge in [-0.3, -0.25) is 0 Å². The number of benzene rings is 1. The van der Waals surface area contributed by atoms with Crippen LogP contribution in [0.2, 0.25) is 0 Å². The van der Waals surface area contributed by atoms with Gasteiger partial charge < -0.3 is 9.84 Å². The van der Waals surface area contributed by atoms with Crippen LogP contribution in [-0.2, 0) is 10.9 Å². The largest absolute Gasteiger partial charge is 0.416 e. The molecule has 0 aliphatic heterocycles. The van der Waals surface area contributed by atoms with Gasteiger partial charge in [0, 0.05) is 13.0 Å². The van der Waals surface area contributed by atoms with Gasteiger partial charge in [-0.2, -0.15) is 13.2 Å². The molecule has 0 aliphatic rings. The van der Waals surface area contributed by atoms with E-state index in [1.165, 1.54) is 0 Å². The van der Waals surface area contributed by atoms with E-state index in [0.29, 0.717) is 0 Å². The van der Waals surface area contributed by atoms with Crippen LogP contribution in [0.1, 0.15) is 23.7 Å². The molecule has 0 bridgehead atoms. The van der Waals surface area contributed by atoms with Crippen molar-refractivity contribution in [3.05, 3.63) is 35.4 Å². The van der Waals surface area contributed by atoms with Crippen LogP contribution in [-0.4, -0.2) is 24.7 Å². The Morgan fingerprint density at radius 3 is 2.16 bits per heavy atom. The van der Waals surface area contributed by atoms with Crippen molar-refractivity contribution in [3.63, 3.8) is 0 Å². The number of hydrogen-bond donors (Lipinski definition) is 1. The Labute approximate surface area is 106 Å². The molecule has 1 atom stereocenters. The van der Waals surface area contributed by atoms with E-state index < -0.39 is 30.9 Å².